The van der Waals surface area contributed by atoms with Crippen LogP contribution in [0.1, 0.15) is 6.92 Å². The molecule has 1 amide bonds. The fourth-order valence-electron chi connectivity index (χ4n) is 2.48. The molecular formula is C13H18FN3O. The molecule has 0 bridgehead atoms. The highest BCUT2D eigenvalue weighted by Crippen LogP contribution is 2.24. The quantitative estimate of drug-likeness (QED) is 0.846. The molecule has 5 heteroatoms. The molecule has 1 saturated heterocycles. The minimum Gasteiger partial charge on any atom is -0.328 e. The molecule has 2 atom stereocenters. The summed E-state index contributed by atoms with van der Waals surface area (Å²) in [5.41, 5.74) is 6.23. The van der Waals surface area contributed by atoms with Crippen LogP contribution in [0.15, 0.2) is 24.3 Å². The van der Waals surface area contributed by atoms with Crippen LogP contribution in [0.5, 0.6) is 0 Å². The maximum absolute atomic E-state index is 13.3. The predicted molar refractivity (Wildman–Crippen MR) is 68.8 cm³/mol. The summed E-state index contributed by atoms with van der Waals surface area (Å²) in [6.45, 7) is 2.95. The second-order valence-electron chi connectivity index (χ2n) is 4.73. The predicted octanol–water partition coefficient (Wildman–Crippen LogP) is 0.820. The van der Waals surface area contributed by atoms with E-state index in [0.717, 1.165) is 6.54 Å². The molecule has 0 aliphatic carbocycles. The number of benzene rings is 1. The monoisotopic (exact) mass is 251 g/mol. The number of piperazine rings is 1. The summed E-state index contributed by atoms with van der Waals surface area (Å²) in [7, 11) is 1.88. The summed E-state index contributed by atoms with van der Waals surface area (Å²) in [4.78, 5) is 16.0. The Bertz CT molecular complexity index is 452. The zero-order valence-electron chi connectivity index (χ0n) is 10.6. The van der Waals surface area contributed by atoms with Crippen molar-refractivity contribution in [2.75, 3.05) is 25.0 Å². The van der Waals surface area contributed by atoms with Crippen molar-refractivity contribution in [3.8, 4) is 0 Å². The molecule has 2 rings (SSSR count). The van der Waals surface area contributed by atoms with Gasteiger partial charge in [0, 0.05) is 24.8 Å². The number of amides is 1. The van der Waals surface area contributed by atoms with Gasteiger partial charge in [0.2, 0.25) is 5.91 Å². The van der Waals surface area contributed by atoms with E-state index in [0.29, 0.717) is 5.69 Å². The highest BCUT2D eigenvalue weighted by molar-refractivity contribution is 5.98. The summed E-state index contributed by atoms with van der Waals surface area (Å²) in [6.07, 6.45) is 0. The van der Waals surface area contributed by atoms with Gasteiger partial charge in [-0.1, -0.05) is 6.07 Å². The van der Waals surface area contributed by atoms with Gasteiger partial charge in [0.1, 0.15) is 11.9 Å². The normalized spacial score (nSPS) is 25.6. The number of hydrogen-bond donors (Lipinski definition) is 1. The highest BCUT2D eigenvalue weighted by atomic mass is 19.1. The first-order valence-corrected chi connectivity index (χ1v) is 6.03. The van der Waals surface area contributed by atoms with E-state index in [1.54, 1.807) is 17.0 Å². The first-order chi connectivity index (χ1) is 8.54. The molecule has 1 fully saturated rings. The zero-order chi connectivity index (χ0) is 13.3. The number of hydrogen-bond acceptors (Lipinski definition) is 3. The average Bonchev–Trinajstić information content (AvgIpc) is 2.28. The largest absolute Gasteiger partial charge is 0.328 e. The molecule has 2 unspecified atom stereocenters. The van der Waals surface area contributed by atoms with Gasteiger partial charge in [-0.2, -0.15) is 0 Å². The van der Waals surface area contributed by atoms with Gasteiger partial charge in [-0.05, 0) is 32.2 Å². The second-order valence-corrected chi connectivity index (χ2v) is 4.73. The fourth-order valence-corrected chi connectivity index (χ4v) is 2.48. The number of anilines is 1. The van der Waals surface area contributed by atoms with Crippen molar-refractivity contribution in [2.24, 2.45) is 5.73 Å². The number of nitrogens with two attached hydrogens (primary N) is 1. The van der Waals surface area contributed by atoms with Crippen molar-refractivity contribution in [3.63, 3.8) is 0 Å². The number of rotatable bonds is 2. The van der Waals surface area contributed by atoms with Crippen molar-refractivity contribution in [1.29, 1.82) is 0 Å². The van der Waals surface area contributed by atoms with Crippen LogP contribution in [0.25, 0.3) is 0 Å². The number of halogens is 1. The van der Waals surface area contributed by atoms with Gasteiger partial charge in [-0.3, -0.25) is 9.69 Å². The van der Waals surface area contributed by atoms with Gasteiger partial charge in [0.05, 0.1) is 0 Å². The molecular weight excluding hydrogens is 233 g/mol. The Morgan fingerprint density at radius 3 is 2.83 bits per heavy atom. The molecule has 0 aromatic heterocycles. The molecule has 4 nitrogen and oxygen atoms in total. The van der Waals surface area contributed by atoms with Crippen LogP contribution < -0.4 is 10.6 Å². The minimum absolute atomic E-state index is 0.00657. The van der Waals surface area contributed by atoms with Gasteiger partial charge in [0.15, 0.2) is 0 Å². The molecule has 1 aliphatic rings. The van der Waals surface area contributed by atoms with Crippen LogP contribution in [0.2, 0.25) is 0 Å². The summed E-state index contributed by atoms with van der Waals surface area (Å²) < 4.78 is 13.3. The standard InChI is InChI=1S/C13H18FN3O/c1-9-8-16(2)12(7-15)13(18)17(9)11-5-3-4-10(14)6-11/h3-6,9,12H,7-8,15H2,1-2H3. The van der Waals surface area contributed by atoms with Gasteiger partial charge < -0.3 is 10.6 Å². The van der Waals surface area contributed by atoms with Crippen LogP contribution in [-0.2, 0) is 4.79 Å². The Hall–Kier alpha value is -1.46. The lowest BCUT2D eigenvalue weighted by Gasteiger charge is -2.42. The third kappa shape index (κ3) is 2.23. The van der Waals surface area contributed by atoms with Crippen LogP contribution in [0, 0.1) is 5.82 Å². The molecule has 18 heavy (non-hydrogen) atoms. The summed E-state index contributed by atoms with van der Waals surface area (Å²) >= 11 is 0. The molecule has 0 radical (unpaired) electrons. The Morgan fingerprint density at radius 2 is 2.22 bits per heavy atom. The van der Waals surface area contributed by atoms with E-state index in [1.165, 1.54) is 12.1 Å². The van der Waals surface area contributed by atoms with Crippen molar-refractivity contribution >= 4 is 11.6 Å². The number of carbonyl (C=O) groups excluding carboxylic acids is 1. The average molecular weight is 251 g/mol. The van der Waals surface area contributed by atoms with Crippen molar-refractivity contribution < 1.29 is 9.18 Å². The maximum atomic E-state index is 13.3. The van der Waals surface area contributed by atoms with Crippen LogP contribution in [0.3, 0.4) is 0 Å². The number of likely N-dealkylation sites (N-methyl/N-ethyl adjacent to an activating group) is 1. The molecule has 2 N–H and O–H groups in total. The molecule has 1 heterocycles. The molecule has 0 spiro atoms. The molecule has 98 valence electrons. The lowest BCUT2D eigenvalue weighted by Crippen LogP contribution is -2.62. The first kappa shape index (κ1) is 13.0. The zero-order valence-corrected chi connectivity index (χ0v) is 10.6. The van der Waals surface area contributed by atoms with E-state index in [9.17, 15) is 9.18 Å². The van der Waals surface area contributed by atoms with Gasteiger partial charge in [0.25, 0.3) is 0 Å². The second kappa shape index (κ2) is 5.04. The van der Waals surface area contributed by atoms with Crippen LogP contribution >= 0.6 is 0 Å². The van der Waals surface area contributed by atoms with Gasteiger partial charge in [-0.25, -0.2) is 4.39 Å². The Morgan fingerprint density at radius 1 is 1.50 bits per heavy atom. The molecule has 0 saturated carbocycles. The third-order valence-electron chi connectivity index (χ3n) is 3.36. The van der Waals surface area contributed by atoms with Gasteiger partial charge in [-0.15, -0.1) is 0 Å². The van der Waals surface area contributed by atoms with Crippen molar-refractivity contribution in [1.82, 2.24) is 4.90 Å². The van der Waals surface area contributed by atoms with Crippen LogP contribution in [0.4, 0.5) is 10.1 Å². The lowest BCUT2D eigenvalue weighted by atomic mass is 10.1. The molecule has 1 aromatic carbocycles. The van der Waals surface area contributed by atoms with E-state index in [-0.39, 0.29) is 30.4 Å². The minimum atomic E-state index is -0.337. The smallest absolute Gasteiger partial charge is 0.245 e. The Labute approximate surface area is 106 Å². The molecule has 1 aliphatic heterocycles. The van der Waals surface area contributed by atoms with E-state index < -0.39 is 0 Å². The van der Waals surface area contributed by atoms with Gasteiger partial charge >= 0.3 is 0 Å². The number of carbonyl (C=O) groups is 1. The summed E-state index contributed by atoms with van der Waals surface area (Å²) in [5, 5.41) is 0. The van der Waals surface area contributed by atoms with E-state index in [4.69, 9.17) is 5.73 Å². The van der Waals surface area contributed by atoms with Crippen molar-refractivity contribution in [3.05, 3.63) is 30.1 Å². The topological polar surface area (TPSA) is 49.6 Å². The maximum Gasteiger partial charge on any atom is 0.245 e. The molecule has 1 aromatic rings. The third-order valence-corrected chi connectivity index (χ3v) is 3.36. The summed E-state index contributed by atoms with van der Waals surface area (Å²) in [6, 6.07) is 5.79. The van der Waals surface area contributed by atoms with Crippen LogP contribution in [-0.4, -0.2) is 43.0 Å². The fraction of sp³-hybridized carbons (Fsp3) is 0.462. The van der Waals surface area contributed by atoms with E-state index in [2.05, 4.69) is 0 Å². The van der Waals surface area contributed by atoms with Crippen molar-refractivity contribution in [2.45, 2.75) is 19.0 Å². The first-order valence-electron chi connectivity index (χ1n) is 6.03. The Kier molecular flexibility index (Phi) is 3.63. The number of nitrogens with zero attached hydrogens (tertiary/aromatic N) is 2. The van der Waals surface area contributed by atoms with E-state index in [1.807, 2.05) is 18.9 Å². The van der Waals surface area contributed by atoms with E-state index >= 15 is 0 Å². The lowest BCUT2D eigenvalue weighted by molar-refractivity contribution is -0.125. The Balaban J connectivity index is 2.34. The SMILES string of the molecule is CC1CN(C)C(CN)C(=O)N1c1cccc(F)c1. The summed E-state index contributed by atoms with van der Waals surface area (Å²) in [5.74, 6) is -0.403. The highest BCUT2D eigenvalue weighted by Gasteiger charge is 2.36.